The fourth-order valence-electron chi connectivity index (χ4n) is 8.30. The van der Waals surface area contributed by atoms with Crippen molar-refractivity contribution >= 4 is 30.9 Å². The predicted octanol–water partition coefficient (Wildman–Crippen LogP) is 4.78. The Morgan fingerprint density at radius 1 is 0.984 bits per heavy atom. The first-order valence-electron chi connectivity index (χ1n) is 22.7. The van der Waals surface area contributed by atoms with Gasteiger partial charge in [0.05, 0.1) is 30.8 Å². The number of likely N-dealkylation sites (tertiary alicyclic amines) is 1. The average Bonchev–Trinajstić information content (AvgIpc) is 3.68. The zero-order valence-corrected chi connectivity index (χ0v) is 40.5. The molecule has 0 radical (unpaired) electrons. The largest absolute Gasteiger partial charge is 0.380 e. The molecule has 5 N–H and O–H groups in total. The molecule has 14 heteroatoms. The predicted molar refractivity (Wildman–Crippen MR) is 249 cm³/mol. The number of hydrogen-bond donors (Lipinski definition) is 4. The van der Waals surface area contributed by atoms with Crippen LogP contribution in [-0.2, 0) is 39.9 Å². The van der Waals surface area contributed by atoms with Crippen LogP contribution in [0.5, 0.6) is 0 Å². The van der Waals surface area contributed by atoms with Gasteiger partial charge < -0.3 is 45.8 Å². The van der Waals surface area contributed by atoms with E-state index in [-0.39, 0.29) is 61.2 Å². The van der Waals surface area contributed by atoms with E-state index >= 15 is 0 Å². The molecule has 8 atom stereocenters. The summed E-state index contributed by atoms with van der Waals surface area (Å²) < 4.78 is 11.5. The van der Waals surface area contributed by atoms with E-state index in [9.17, 15) is 14.4 Å². The maximum atomic E-state index is 12.8. The molecule has 2 heterocycles. The van der Waals surface area contributed by atoms with Gasteiger partial charge in [-0.05, 0) is 62.1 Å². The van der Waals surface area contributed by atoms with Crippen LogP contribution < -0.4 is 21.7 Å². The van der Waals surface area contributed by atoms with E-state index in [0.29, 0.717) is 30.4 Å². The van der Waals surface area contributed by atoms with E-state index in [1.165, 1.54) is 50.6 Å². The maximum absolute atomic E-state index is 12.8. The first-order valence-corrected chi connectivity index (χ1v) is 22.7. The molecule has 1 aromatic rings. The van der Waals surface area contributed by atoms with Gasteiger partial charge in [0.2, 0.25) is 24.6 Å². The minimum absolute atomic E-state index is 0.0604. The Labute approximate surface area is 371 Å². The highest BCUT2D eigenvalue weighted by Crippen LogP contribution is 2.32. The third-order valence-electron chi connectivity index (χ3n) is 11.5. The Hall–Kier alpha value is -3.43. The number of benzene rings is 1. The van der Waals surface area contributed by atoms with Crippen LogP contribution in [0, 0.1) is 23.7 Å². The van der Waals surface area contributed by atoms with Gasteiger partial charge in [0.15, 0.2) is 0 Å². The highest BCUT2D eigenvalue weighted by Gasteiger charge is 2.36. The van der Waals surface area contributed by atoms with Crippen molar-refractivity contribution in [1.29, 1.82) is 0 Å². The third kappa shape index (κ3) is 23.6. The molecular formula is C47H89N7O7. The number of methoxy groups -OCH3 is 2. The first-order chi connectivity index (χ1) is 29.2. The van der Waals surface area contributed by atoms with Crippen LogP contribution in [0.1, 0.15) is 106 Å². The van der Waals surface area contributed by atoms with Gasteiger partial charge in [0, 0.05) is 67.0 Å². The van der Waals surface area contributed by atoms with Gasteiger partial charge in [-0.1, -0.05) is 111 Å². The van der Waals surface area contributed by atoms with E-state index in [1.54, 1.807) is 26.1 Å². The van der Waals surface area contributed by atoms with Crippen LogP contribution in [0.15, 0.2) is 30.3 Å². The van der Waals surface area contributed by atoms with Crippen LogP contribution >= 0.6 is 0 Å². The number of primary amides is 1. The Bertz CT molecular complexity index is 1260. The lowest BCUT2D eigenvalue weighted by Crippen LogP contribution is -2.57. The number of nitrogens with zero attached hydrogens (tertiary/aromatic N) is 3. The Balaban J connectivity index is 0. The van der Waals surface area contributed by atoms with Crippen LogP contribution in [0.25, 0.3) is 0 Å². The van der Waals surface area contributed by atoms with Crippen molar-refractivity contribution in [1.82, 2.24) is 30.7 Å². The molecule has 14 nitrogen and oxygen atoms in total. The van der Waals surface area contributed by atoms with Crippen LogP contribution in [0.3, 0.4) is 0 Å². The molecule has 0 aromatic heterocycles. The molecule has 8 unspecified atom stereocenters. The lowest BCUT2D eigenvalue weighted by Gasteiger charge is -2.38. The quantitative estimate of drug-likeness (QED) is 0.126. The summed E-state index contributed by atoms with van der Waals surface area (Å²) in [6.45, 7) is 21.6. The van der Waals surface area contributed by atoms with Crippen molar-refractivity contribution in [3.8, 4) is 0 Å². The SMILES string of the molecule is CCC.CCC(C)C(C(CC=O)OC)N(C)C(=O)CNC(=O)C(C(C)C)N1CCNCC1.CCCC(Cc1ccccc1)C(C)C(OC)C1CCCN1C.CNC=O.NC=O. The maximum Gasteiger partial charge on any atom is 0.242 e. The number of carbonyl (C=O) groups is 5. The number of rotatable bonds is 21. The molecule has 2 aliphatic heterocycles. The van der Waals surface area contributed by atoms with Gasteiger partial charge in [0.25, 0.3) is 0 Å². The Morgan fingerprint density at radius 3 is 1.98 bits per heavy atom. The normalized spacial score (nSPS) is 18.4. The second kappa shape index (κ2) is 37.2. The number of hydrogen-bond acceptors (Lipinski definition) is 10. The lowest BCUT2D eigenvalue weighted by atomic mass is 9.79. The number of nitrogens with one attached hydrogen (secondary N) is 3. The molecule has 4 amide bonds. The second-order valence-corrected chi connectivity index (χ2v) is 16.5. The standard InChI is InChI=1S/C21H40N4O4.C20H33NO.C3H8.C2H5NO.CH3NO/c1-7-16(4)20(17(29-6)8-13-26)24(5)18(27)14-23-21(28)19(15(2)3)25-11-9-22-10-12-25;1-5-10-18(15-17-11-7-6-8-12-17)16(2)20(22-4)19-13-9-14-21(19)3;1-3-2;1-3-2-4;2-1-3/h13,15-17,19-20,22H,7-12,14H2,1-6H3,(H,23,28);6-8,11-12,16,18-20H,5,9-10,13-15H2,1-4H3;3H2,1-2H3;2H,1H3,(H,3,4);1H,(H2,2,3). The summed E-state index contributed by atoms with van der Waals surface area (Å²) in [5.41, 5.74) is 5.63. The van der Waals surface area contributed by atoms with Crippen LogP contribution in [-0.4, -0.2) is 151 Å². The van der Waals surface area contributed by atoms with Gasteiger partial charge in [-0.25, -0.2) is 0 Å². The van der Waals surface area contributed by atoms with Crippen molar-refractivity contribution < 1.29 is 33.4 Å². The summed E-state index contributed by atoms with van der Waals surface area (Å²) in [5, 5.41) is 8.39. The first kappa shape index (κ1) is 59.7. The summed E-state index contributed by atoms with van der Waals surface area (Å²) in [6.07, 6.45) is 10.3. The highest BCUT2D eigenvalue weighted by atomic mass is 16.5. The molecule has 2 aliphatic rings. The summed E-state index contributed by atoms with van der Waals surface area (Å²) in [4.78, 5) is 60.7. The number of carbonyl (C=O) groups excluding carboxylic acids is 5. The van der Waals surface area contributed by atoms with E-state index < -0.39 is 0 Å². The number of amides is 4. The minimum atomic E-state index is -0.364. The van der Waals surface area contributed by atoms with Gasteiger partial charge in [-0.3, -0.25) is 24.1 Å². The number of piperazine rings is 1. The topological polar surface area (TPSA) is 176 Å². The smallest absolute Gasteiger partial charge is 0.242 e. The molecule has 0 saturated carbocycles. The van der Waals surface area contributed by atoms with Crippen molar-refractivity contribution in [3.05, 3.63) is 35.9 Å². The average molecular weight is 864 g/mol. The molecule has 1 aromatic carbocycles. The Kier molecular flexibility index (Phi) is 36.3. The molecule has 0 bridgehead atoms. The molecule has 3 rings (SSSR count). The summed E-state index contributed by atoms with van der Waals surface area (Å²) in [7, 11) is 9.00. The summed E-state index contributed by atoms with van der Waals surface area (Å²) >= 11 is 0. The minimum Gasteiger partial charge on any atom is -0.380 e. The zero-order chi connectivity index (χ0) is 46.8. The fraction of sp³-hybridized carbons (Fsp3) is 0.766. The fourth-order valence-corrected chi connectivity index (χ4v) is 8.30. The van der Waals surface area contributed by atoms with Gasteiger partial charge in [-0.2, -0.15) is 0 Å². The number of likely N-dealkylation sites (N-methyl/N-ethyl adjacent to an activating group) is 2. The van der Waals surface area contributed by atoms with Crippen molar-refractivity contribution in [2.75, 3.05) is 74.6 Å². The third-order valence-corrected chi connectivity index (χ3v) is 11.5. The van der Waals surface area contributed by atoms with E-state index in [1.807, 2.05) is 34.8 Å². The lowest BCUT2D eigenvalue weighted by molar-refractivity contribution is -0.139. The molecule has 0 aliphatic carbocycles. The molecule has 61 heavy (non-hydrogen) atoms. The van der Waals surface area contributed by atoms with Crippen molar-refractivity contribution in [2.45, 2.75) is 137 Å². The van der Waals surface area contributed by atoms with Crippen molar-refractivity contribution in [2.24, 2.45) is 29.4 Å². The highest BCUT2D eigenvalue weighted by molar-refractivity contribution is 5.87. The van der Waals surface area contributed by atoms with Gasteiger partial charge in [-0.15, -0.1) is 0 Å². The van der Waals surface area contributed by atoms with Crippen molar-refractivity contribution in [3.63, 3.8) is 0 Å². The number of ether oxygens (including phenoxy) is 2. The van der Waals surface area contributed by atoms with E-state index in [4.69, 9.17) is 19.1 Å². The zero-order valence-electron chi connectivity index (χ0n) is 40.5. The number of aldehydes is 1. The summed E-state index contributed by atoms with van der Waals surface area (Å²) in [5.74, 6) is 1.31. The molecule has 2 saturated heterocycles. The second-order valence-electron chi connectivity index (χ2n) is 16.5. The van der Waals surface area contributed by atoms with Gasteiger partial charge >= 0.3 is 0 Å². The van der Waals surface area contributed by atoms with E-state index in [2.05, 4.69) is 96.6 Å². The molecule has 354 valence electrons. The Morgan fingerprint density at radius 2 is 1.56 bits per heavy atom. The van der Waals surface area contributed by atoms with Gasteiger partial charge in [0.1, 0.15) is 6.29 Å². The monoisotopic (exact) mass is 864 g/mol. The molecular weight excluding hydrogens is 775 g/mol. The van der Waals surface area contributed by atoms with E-state index in [0.717, 1.165) is 38.9 Å². The molecule has 2 fully saturated rings. The summed E-state index contributed by atoms with van der Waals surface area (Å²) in [6, 6.07) is 11.1. The number of nitrogens with two attached hydrogens (primary N) is 1. The molecule has 0 spiro atoms. The van der Waals surface area contributed by atoms with Crippen LogP contribution in [0.4, 0.5) is 0 Å². The van der Waals surface area contributed by atoms with Crippen LogP contribution in [0.2, 0.25) is 0 Å².